The van der Waals surface area contributed by atoms with Crippen LogP contribution in [-0.4, -0.2) is 18.6 Å². The quantitative estimate of drug-likeness (QED) is 0.708. The van der Waals surface area contributed by atoms with Crippen LogP contribution in [0, 0.1) is 0 Å². The highest BCUT2D eigenvalue weighted by Crippen LogP contribution is 2.34. The molecule has 24 heavy (non-hydrogen) atoms. The van der Waals surface area contributed by atoms with Gasteiger partial charge in [0.2, 0.25) is 0 Å². The van der Waals surface area contributed by atoms with Crippen molar-refractivity contribution in [2.45, 2.75) is 19.4 Å². The maximum absolute atomic E-state index is 6.14. The van der Waals surface area contributed by atoms with Crippen LogP contribution in [0.2, 0.25) is 0 Å². The molecule has 6 heteroatoms. The summed E-state index contributed by atoms with van der Waals surface area (Å²) in [6.07, 6.45) is 2.20. The maximum atomic E-state index is 6.14. The molecular formula is C18H20ClN3OS. The fourth-order valence-corrected chi connectivity index (χ4v) is 4.21. The molecule has 4 rings (SSSR count). The molecule has 4 nitrogen and oxygen atoms in total. The molecule has 2 N–H and O–H groups in total. The van der Waals surface area contributed by atoms with Crippen molar-refractivity contribution in [3.05, 3.63) is 47.0 Å². The summed E-state index contributed by atoms with van der Waals surface area (Å²) in [6, 6.07) is 12.2. The smallest absolute Gasteiger partial charge is 0.120 e. The van der Waals surface area contributed by atoms with E-state index in [-0.39, 0.29) is 12.4 Å². The Morgan fingerprint density at radius 3 is 3.00 bits per heavy atom. The molecule has 0 saturated carbocycles. The van der Waals surface area contributed by atoms with Crippen LogP contribution in [-0.2, 0) is 13.0 Å². The van der Waals surface area contributed by atoms with Crippen LogP contribution in [0.3, 0.4) is 0 Å². The Morgan fingerprint density at radius 2 is 2.17 bits per heavy atom. The minimum atomic E-state index is 0. The van der Waals surface area contributed by atoms with Gasteiger partial charge in [0.05, 0.1) is 23.9 Å². The first kappa shape index (κ1) is 16.9. The van der Waals surface area contributed by atoms with Crippen LogP contribution in [0.5, 0.6) is 5.75 Å². The lowest BCUT2D eigenvalue weighted by Gasteiger charge is -2.31. The maximum Gasteiger partial charge on any atom is 0.120 e. The molecule has 0 amide bonds. The second-order valence-corrected chi connectivity index (χ2v) is 6.93. The number of thiazole rings is 1. The summed E-state index contributed by atoms with van der Waals surface area (Å²) in [5, 5.41) is 1.13. The number of halogens is 1. The summed E-state index contributed by atoms with van der Waals surface area (Å²) in [4.78, 5) is 7.16. The molecule has 0 bridgehead atoms. The Morgan fingerprint density at radius 1 is 1.29 bits per heavy atom. The number of rotatable bonds is 3. The average molecular weight is 362 g/mol. The fourth-order valence-electron chi connectivity index (χ4n) is 3.20. The minimum absolute atomic E-state index is 0. The van der Waals surface area contributed by atoms with E-state index in [0.717, 1.165) is 47.9 Å². The van der Waals surface area contributed by atoms with Crippen molar-refractivity contribution in [1.29, 1.82) is 0 Å². The van der Waals surface area contributed by atoms with Crippen LogP contribution >= 0.6 is 23.7 Å². The van der Waals surface area contributed by atoms with Gasteiger partial charge in [-0.1, -0.05) is 6.07 Å². The lowest BCUT2D eigenvalue weighted by molar-refractivity contribution is 0.415. The van der Waals surface area contributed by atoms with Gasteiger partial charge in [0.15, 0.2) is 0 Å². The molecule has 0 saturated heterocycles. The van der Waals surface area contributed by atoms with Crippen LogP contribution in [0.15, 0.2) is 36.4 Å². The number of ether oxygens (including phenoxy) is 1. The van der Waals surface area contributed by atoms with Crippen molar-refractivity contribution in [1.82, 2.24) is 4.98 Å². The van der Waals surface area contributed by atoms with Gasteiger partial charge in [0.1, 0.15) is 10.8 Å². The van der Waals surface area contributed by atoms with Gasteiger partial charge < -0.3 is 15.4 Å². The SMILES string of the molecule is COc1ccc2nc(CN3CCCc4c(N)cccc43)sc2c1.Cl. The average Bonchev–Trinajstić information content (AvgIpc) is 2.97. The van der Waals surface area contributed by atoms with Crippen LogP contribution in [0.25, 0.3) is 10.2 Å². The Labute approximate surface area is 151 Å². The number of anilines is 2. The van der Waals surface area contributed by atoms with Crippen LogP contribution < -0.4 is 15.4 Å². The largest absolute Gasteiger partial charge is 0.497 e. The van der Waals surface area contributed by atoms with Crippen molar-refractivity contribution in [2.24, 2.45) is 0 Å². The molecule has 2 heterocycles. The van der Waals surface area contributed by atoms with E-state index < -0.39 is 0 Å². The number of methoxy groups -OCH3 is 1. The summed E-state index contributed by atoms with van der Waals surface area (Å²) in [5.41, 5.74) is 10.6. The summed E-state index contributed by atoms with van der Waals surface area (Å²) >= 11 is 1.74. The van der Waals surface area contributed by atoms with E-state index in [2.05, 4.69) is 17.0 Å². The van der Waals surface area contributed by atoms with Crippen molar-refractivity contribution in [3.63, 3.8) is 0 Å². The number of benzene rings is 2. The van der Waals surface area contributed by atoms with Crippen molar-refractivity contribution in [2.75, 3.05) is 24.3 Å². The van der Waals surface area contributed by atoms with Crippen LogP contribution in [0.4, 0.5) is 11.4 Å². The predicted molar refractivity (Wildman–Crippen MR) is 104 cm³/mol. The lowest BCUT2D eigenvalue weighted by Crippen LogP contribution is -2.29. The first-order valence-electron chi connectivity index (χ1n) is 7.80. The summed E-state index contributed by atoms with van der Waals surface area (Å²) in [7, 11) is 1.69. The van der Waals surface area contributed by atoms with Gasteiger partial charge in [-0.15, -0.1) is 23.7 Å². The van der Waals surface area contributed by atoms with Crippen LogP contribution in [0.1, 0.15) is 17.0 Å². The van der Waals surface area contributed by atoms with E-state index in [0.29, 0.717) is 0 Å². The van der Waals surface area contributed by atoms with Gasteiger partial charge in [0.25, 0.3) is 0 Å². The topological polar surface area (TPSA) is 51.4 Å². The Hall–Kier alpha value is -1.98. The molecule has 0 atom stereocenters. The zero-order chi connectivity index (χ0) is 15.8. The van der Waals surface area contributed by atoms with E-state index in [4.69, 9.17) is 15.5 Å². The summed E-state index contributed by atoms with van der Waals surface area (Å²) in [5.74, 6) is 0.879. The van der Waals surface area contributed by atoms with Gasteiger partial charge in [-0.05, 0) is 48.7 Å². The first-order chi connectivity index (χ1) is 11.2. The third-order valence-electron chi connectivity index (χ3n) is 4.35. The normalized spacial score (nSPS) is 13.5. The molecule has 0 unspecified atom stereocenters. The van der Waals surface area contributed by atoms with Gasteiger partial charge in [-0.3, -0.25) is 0 Å². The van der Waals surface area contributed by atoms with E-state index in [1.807, 2.05) is 24.3 Å². The van der Waals surface area contributed by atoms with E-state index in [1.165, 1.54) is 16.0 Å². The van der Waals surface area contributed by atoms with Gasteiger partial charge in [0, 0.05) is 17.9 Å². The third-order valence-corrected chi connectivity index (χ3v) is 5.35. The summed E-state index contributed by atoms with van der Waals surface area (Å²) in [6.45, 7) is 1.88. The Bertz CT molecular complexity index is 865. The zero-order valence-corrected chi connectivity index (χ0v) is 15.1. The van der Waals surface area contributed by atoms with Crippen molar-refractivity contribution < 1.29 is 4.74 Å². The second kappa shape index (κ2) is 6.87. The Balaban J connectivity index is 0.00000169. The van der Waals surface area contributed by atoms with E-state index in [1.54, 1.807) is 18.4 Å². The highest BCUT2D eigenvalue weighted by Gasteiger charge is 2.19. The van der Waals surface area contributed by atoms with Gasteiger partial charge in [-0.2, -0.15) is 0 Å². The predicted octanol–water partition coefficient (Wildman–Crippen LogP) is 4.26. The number of nitrogen functional groups attached to an aromatic ring is 1. The molecule has 2 aromatic carbocycles. The molecule has 3 aromatic rings. The molecule has 0 spiro atoms. The van der Waals surface area contributed by atoms with Gasteiger partial charge >= 0.3 is 0 Å². The van der Waals surface area contributed by atoms with E-state index in [9.17, 15) is 0 Å². The third kappa shape index (κ3) is 3.01. The number of nitrogens with zero attached hydrogens (tertiary/aromatic N) is 2. The molecule has 0 fully saturated rings. The zero-order valence-electron chi connectivity index (χ0n) is 13.5. The molecule has 1 aliphatic rings. The number of nitrogens with two attached hydrogens (primary N) is 1. The highest BCUT2D eigenvalue weighted by molar-refractivity contribution is 7.18. The highest BCUT2D eigenvalue weighted by atomic mass is 35.5. The lowest BCUT2D eigenvalue weighted by atomic mass is 10.00. The summed E-state index contributed by atoms with van der Waals surface area (Å²) < 4.78 is 6.47. The van der Waals surface area contributed by atoms with Gasteiger partial charge in [-0.25, -0.2) is 4.98 Å². The van der Waals surface area contributed by atoms with E-state index >= 15 is 0 Å². The molecule has 126 valence electrons. The Kier molecular flexibility index (Phi) is 4.83. The number of aromatic nitrogens is 1. The minimum Gasteiger partial charge on any atom is -0.497 e. The first-order valence-corrected chi connectivity index (χ1v) is 8.62. The van der Waals surface area contributed by atoms with Crippen molar-refractivity contribution >= 4 is 45.3 Å². The molecule has 1 aromatic heterocycles. The number of fused-ring (bicyclic) bond motifs is 2. The molecule has 0 aliphatic carbocycles. The standard InChI is InChI=1S/C18H19N3OS.ClH/c1-22-12-7-8-15-17(10-12)23-18(20-15)11-21-9-3-4-13-14(19)5-2-6-16(13)21;/h2,5-8,10H,3-4,9,11,19H2,1H3;1H. The number of hydrogen-bond acceptors (Lipinski definition) is 5. The molecule has 0 radical (unpaired) electrons. The monoisotopic (exact) mass is 361 g/mol. The molecular weight excluding hydrogens is 342 g/mol. The number of hydrogen-bond donors (Lipinski definition) is 1. The second-order valence-electron chi connectivity index (χ2n) is 5.81. The van der Waals surface area contributed by atoms with Crippen molar-refractivity contribution in [3.8, 4) is 5.75 Å². The fraction of sp³-hybridized carbons (Fsp3) is 0.278. The molecule has 1 aliphatic heterocycles.